The van der Waals surface area contributed by atoms with Crippen molar-refractivity contribution >= 4 is 5.91 Å². The minimum absolute atomic E-state index is 0.0293. The lowest BCUT2D eigenvalue weighted by atomic mass is 9.80. The van der Waals surface area contributed by atoms with E-state index >= 15 is 0 Å². The summed E-state index contributed by atoms with van der Waals surface area (Å²) in [7, 11) is 1.59. The van der Waals surface area contributed by atoms with E-state index < -0.39 is 0 Å². The molecule has 0 radical (unpaired) electrons. The van der Waals surface area contributed by atoms with Crippen LogP contribution in [0.4, 0.5) is 0 Å². The molecule has 138 valence electrons. The van der Waals surface area contributed by atoms with Crippen LogP contribution in [0.25, 0.3) is 0 Å². The highest BCUT2D eigenvalue weighted by Crippen LogP contribution is 2.36. The predicted molar refractivity (Wildman–Crippen MR) is 96.2 cm³/mol. The van der Waals surface area contributed by atoms with Gasteiger partial charge in [0.1, 0.15) is 0 Å². The molecule has 25 heavy (non-hydrogen) atoms. The van der Waals surface area contributed by atoms with Crippen molar-refractivity contribution in [1.82, 2.24) is 4.90 Å². The Morgan fingerprint density at radius 3 is 2.72 bits per heavy atom. The molecule has 3 atom stereocenters. The van der Waals surface area contributed by atoms with Gasteiger partial charge in [0.2, 0.25) is 0 Å². The fourth-order valence-corrected chi connectivity index (χ4v) is 4.32. The van der Waals surface area contributed by atoms with E-state index in [1.165, 1.54) is 0 Å². The number of likely N-dealkylation sites (tertiary alicyclic amines) is 1. The van der Waals surface area contributed by atoms with Gasteiger partial charge in [0.25, 0.3) is 5.91 Å². The average molecular weight is 347 g/mol. The van der Waals surface area contributed by atoms with Gasteiger partial charge >= 0.3 is 0 Å². The number of nitrogens with zero attached hydrogens (tertiary/aromatic N) is 1. The number of aliphatic hydroxyl groups excluding tert-OH is 1. The van der Waals surface area contributed by atoms with Gasteiger partial charge in [-0.2, -0.15) is 0 Å². The number of ether oxygens (including phenoxy) is 2. The van der Waals surface area contributed by atoms with Gasteiger partial charge in [-0.15, -0.1) is 0 Å². The number of carbonyl (C=O) groups is 1. The van der Waals surface area contributed by atoms with E-state index in [4.69, 9.17) is 9.47 Å². The Labute approximate surface area is 149 Å². The van der Waals surface area contributed by atoms with Crippen molar-refractivity contribution in [3.63, 3.8) is 0 Å². The molecule has 1 aliphatic carbocycles. The van der Waals surface area contributed by atoms with Crippen LogP contribution in [-0.2, 0) is 0 Å². The molecule has 1 saturated carbocycles. The first kappa shape index (κ1) is 18.1. The maximum Gasteiger partial charge on any atom is 0.254 e. The number of aliphatic hydroxyl groups is 1. The van der Waals surface area contributed by atoms with Crippen molar-refractivity contribution < 1.29 is 19.4 Å². The van der Waals surface area contributed by atoms with E-state index in [2.05, 4.69) is 0 Å². The molecule has 0 bridgehead atoms. The number of methoxy groups -OCH3 is 1. The van der Waals surface area contributed by atoms with Crippen LogP contribution in [-0.4, -0.2) is 48.3 Å². The summed E-state index contributed by atoms with van der Waals surface area (Å²) in [6, 6.07) is 5.53. The van der Waals surface area contributed by atoms with Gasteiger partial charge in [0.15, 0.2) is 11.5 Å². The Morgan fingerprint density at radius 2 is 2.00 bits per heavy atom. The van der Waals surface area contributed by atoms with Gasteiger partial charge < -0.3 is 19.5 Å². The fourth-order valence-electron chi connectivity index (χ4n) is 4.32. The van der Waals surface area contributed by atoms with E-state index in [1.807, 2.05) is 17.9 Å². The molecule has 5 heteroatoms. The van der Waals surface area contributed by atoms with Crippen molar-refractivity contribution in [3.8, 4) is 11.5 Å². The third-order valence-corrected chi connectivity index (χ3v) is 5.55. The molecular formula is C20H29NO4. The van der Waals surface area contributed by atoms with E-state index in [0.29, 0.717) is 23.7 Å². The lowest BCUT2D eigenvalue weighted by Crippen LogP contribution is -2.45. The van der Waals surface area contributed by atoms with Crippen molar-refractivity contribution in [2.75, 3.05) is 20.3 Å². The third kappa shape index (κ3) is 3.76. The second-order valence-corrected chi connectivity index (χ2v) is 7.02. The lowest BCUT2D eigenvalue weighted by Gasteiger charge is -2.37. The van der Waals surface area contributed by atoms with Crippen LogP contribution in [0.15, 0.2) is 18.2 Å². The summed E-state index contributed by atoms with van der Waals surface area (Å²) in [6.45, 7) is 3.24. The van der Waals surface area contributed by atoms with E-state index in [0.717, 1.165) is 45.1 Å². The topological polar surface area (TPSA) is 59.0 Å². The molecule has 5 nitrogen and oxygen atoms in total. The fraction of sp³-hybridized carbons (Fsp3) is 0.650. The van der Waals surface area contributed by atoms with Gasteiger partial charge in [-0.25, -0.2) is 0 Å². The molecule has 2 fully saturated rings. The summed E-state index contributed by atoms with van der Waals surface area (Å²) in [4.78, 5) is 15.1. The van der Waals surface area contributed by atoms with Crippen LogP contribution >= 0.6 is 0 Å². The van der Waals surface area contributed by atoms with Crippen LogP contribution in [0.3, 0.4) is 0 Å². The molecule has 1 amide bonds. The molecule has 1 aliphatic heterocycles. The minimum Gasteiger partial charge on any atom is -0.493 e. The summed E-state index contributed by atoms with van der Waals surface area (Å²) in [5.74, 6) is 1.48. The molecule has 1 heterocycles. The molecule has 1 aromatic rings. The second kappa shape index (κ2) is 8.09. The number of hydrogen-bond acceptors (Lipinski definition) is 4. The van der Waals surface area contributed by atoms with Crippen LogP contribution in [0.5, 0.6) is 11.5 Å². The summed E-state index contributed by atoms with van der Waals surface area (Å²) in [5.41, 5.74) is 0.623. The maximum atomic E-state index is 13.1. The highest BCUT2D eigenvalue weighted by Gasteiger charge is 2.39. The summed E-state index contributed by atoms with van der Waals surface area (Å²) >= 11 is 0. The van der Waals surface area contributed by atoms with Crippen molar-refractivity contribution in [1.29, 1.82) is 0 Å². The Bertz CT molecular complexity index is 603. The van der Waals surface area contributed by atoms with Gasteiger partial charge in [-0.1, -0.05) is 12.8 Å². The normalized spacial score (nSPS) is 26.5. The summed E-state index contributed by atoms with van der Waals surface area (Å²) in [6.07, 6.45) is 5.84. The Morgan fingerprint density at radius 1 is 1.20 bits per heavy atom. The number of benzene rings is 1. The van der Waals surface area contributed by atoms with E-state index in [9.17, 15) is 9.90 Å². The first-order valence-corrected chi connectivity index (χ1v) is 9.45. The van der Waals surface area contributed by atoms with Gasteiger partial charge in [0, 0.05) is 24.1 Å². The van der Waals surface area contributed by atoms with E-state index in [1.54, 1.807) is 19.2 Å². The van der Waals surface area contributed by atoms with Gasteiger partial charge in [-0.05, 0) is 50.8 Å². The molecular weight excluding hydrogens is 318 g/mol. The molecule has 0 spiro atoms. The smallest absolute Gasteiger partial charge is 0.254 e. The highest BCUT2D eigenvalue weighted by atomic mass is 16.5. The minimum atomic E-state index is -0.276. The van der Waals surface area contributed by atoms with Crippen LogP contribution in [0.2, 0.25) is 0 Å². The Balaban J connectivity index is 1.79. The van der Waals surface area contributed by atoms with Crippen molar-refractivity contribution in [2.24, 2.45) is 5.92 Å². The standard InChI is InChI=1S/C20H29NO4/c1-3-25-18-11-10-14(13-19(18)24-2)20(23)21-12-6-8-16(21)15-7-4-5-9-17(15)22/h10-11,13,15-17,22H,3-9,12H2,1-2H3/t15-,16+,17-/m0/s1. The molecule has 1 N–H and O–H groups in total. The number of rotatable bonds is 5. The monoisotopic (exact) mass is 347 g/mol. The zero-order valence-corrected chi connectivity index (χ0v) is 15.2. The Kier molecular flexibility index (Phi) is 5.84. The van der Waals surface area contributed by atoms with Crippen molar-refractivity contribution in [2.45, 2.75) is 57.6 Å². The first-order valence-electron chi connectivity index (χ1n) is 9.45. The average Bonchev–Trinajstić information content (AvgIpc) is 3.11. The van der Waals surface area contributed by atoms with E-state index in [-0.39, 0.29) is 24.0 Å². The SMILES string of the molecule is CCOc1ccc(C(=O)N2CCC[C@@H]2[C@@H]2CCCC[C@@H]2O)cc1OC. The molecule has 0 aromatic heterocycles. The van der Waals surface area contributed by atoms with Crippen LogP contribution in [0.1, 0.15) is 55.8 Å². The van der Waals surface area contributed by atoms with Gasteiger partial charge in [-0.3, -0.25) is 4.79 Å². The Hall–Kier alpha value is -1.75. The van der Waals surface area contributed by atoms with Crippen LogP contribution < -0.4 is 9.47 Å². The second-order valence-electron chi connectivity index (χ2n) is 7.02. The predicted octanol–water partition coefficient (Wildman–Crippen LogP) is 3.25. The molecule has 2 aliphatic rings. The molecule has 1 aromatic carbocycles. The molecule has 3 rings (SSSR count). The van der Waals surface area contributed by atoms with Gasteiger partial charge in [0.05, 0.1) is 19.8 Å². The summed E-state index contributed by atoms with van der Waals surface area (Å²) < 4.78 is 10.9. The quantitative estimate of drug-likeness (QED) is 0.888. The first-order chi connectivity index (χ1) is 12.2. The van der Waals surface area contributed by atoms with Crippen molar-refractivity contribution in [3.05, 3.63) is 23.8 Å². The zero-order valence-electron chi connectivity index (χ0n) is 15.2. The largest absolute Gasteiger partial charge is 0.493 e. The third-order valence-electron chi connectivity index (χ3n) is 5.55. The molecule has 0 unspecified atom stereocenters. The number of amides is 1. The number of hydrogen-bond donors (Lipinski definition) is 1. The lowest BCUT2D eigenvalue weighted by molar-refractivity contribution is 0.0211. The number of carbonyl (C=O) groups excluding carboxylic acids is 1. The summed E-state index contributed by atoms with van der Waals surface area (Å²) in [5, 5.41) is 10.4. The maximum absolute atomic E-state index is 13.1. The highest BCUT2D eigenvalue weighted by molar-refractivity contribution is 5.95. The van der Waals surface area contributed by atoms with Crippen LogP contribution in [0, 0.1) is 5.92 Å². The molecule has 1 saturated heterocycles. The zero-order chi connectivity index (χ0) is 17.8.